The Balaban J connectivity index is 1.91. The molecule has 2 rings (SSSR count). The van der Waals surface area contributed by atoms with Gasteiger partial charge in [0.15, 0.2) is 0 Å². The van der Waals surface area contributed by atoms with E-state index in [0.717, 1.165) is 16.8 Å². The second-order valence-corrected chi connectivity index (χ2v) is 8.31. The SMILES string of the molecule is CCS(=O)(=O)NCCNC(=O)[C@@H]1CC(=O)N(c2cccc(C)c2C)C1. The van der Waals surface area contributed by atoms with Crippen molar-refractivity contribution < 1.29 is 18.0 Å². The largest absolute Gasteiger partial charge is 0.354 e. The first-order valence-corrected chi connectivity index (χ1v) is 10.0. The zero-order valence-corrected chi connectivity index (χ0v) is 15.6. The fourth-order valence-corrected chi connectivity index (χ4v) is 3.40. The van der Waals surface area contributed by atoms with Gasteiger partial charge in [-0.3, -0.25) is 9.59 Å². The molecule has 8 heteroatoms. The molecule has 0 aromatic heterocycles. The Morgan fingerprint density at radius 3 is 2.68 bits per heavy atom. The lowest BCUT2D eigenvalue weighted by molar-refractivity contribution is -0.126. The number of carbonyl (C=O) groups is 2. The molecule has 1 atom stereocenters. The summed E-state index contributed by atoms with van der Waals surface area (Å²) in [5.74, 6) is -0.712. The van der Waals surface area contributed by atoms with Gasteiger partial charge in [-0.05, 0) is 38.0 Å². The molecule has 7 nitrogen and oxygen atoms in total. The van der Waals surface area contributed by atoms with Gasteiger partial charge in [-0.15, -0.1) is 0 Å². The fraction of sp³-hybridized carbons (Fsp3) is 0.529. The lowest BCUT2D eigenvalue weighted by atomic mass is 10.1. The van der Waals surface area contributed by atoms with Crippen LogP contribution < -0.4 is 14.9 Å². The number of aryl methyl sites for hydroxylation is 1. The standard InChI is InChI=1S/C17H25N3O4S/c1-4-25(23,24)19-9-8-18-17(22)14-10-16(21)20(11-14)15-7-5-6-12(2)13(15)3/h5-7,14,19H,4,8-11H2,1-3H3,(H,18,22)/t14-/m1/s1. The first-order valence-electron chi connectivity index (χ1n) is 8.36. The third-order valence-corrected chi connectivity index (χ3v) is 5.89. The summed E-state index contributed by atoms with van der Waals surface area (Å²) in [5.41, 5.74) is 2.98. The van der Waals surface area contributed by atoms with Gasteiger partial charge in [-0.2, -0.15) is 0 Å². The minimum Gasteiger partial charge on any atom is -0.354 e. The van der Waals surface area contributed by atoms with Gasteiger partial charge in [-0.1, -0.05) is 12.1 Å². The Hall–Kier alpha value is -1.93. The number of benzene rings is 1. The van der Waals surface area contributed by atoms with Crippen LogP contribution >= 0.6 is 0 Å². The fourth-order valence-electron chi connectivity index (χ4n) is 2.78. The summed E-state index contributed by atoms with van der Waals surface area (Å²) in [6.07, 6.45) is 0.167. The third-order valence-electron chi connectivity index (χ3n) is 4.49. The molecule has 1 aromatic rings. The minimum atomic E-state index is -3.26. The van der Waals surface area contributed by atoms with E-state index in [-0.39, 0.29) is 37.1 Å². The molecule has 1 aliphatic heterocycles. The number of hydrogen-bond acceptors (Lipinski definition) is 4. The molecule has 0 bridgehead atoms. The molecule has 1 saturated heterocycles. The first-order chi connectivity index (χ1) is 11.7. The minimum absolute atomic E-state index is 0.00285. The van der Waals surface area contributed by atoms with E-state index >= 15 is 0 Å². The maximum absolute atomic E-state index is 12.3. The predicted octanol–water partition coefficient (Wildman–Crippen LogP) is 0.712. The zero-order chi connectivity index (χ0) is 18.6. The van der Waals surface area contributed by atoms with Crippen molar-refractivity contribution in [3.05, 3.63) is 29.3 Å². The van der Waals surface area contributed by atoms with Gasteiger partial charge >= 0.3 is 0 Å². The summed E-state index contributed by atoms with van der Waals surface area (Å²) in [5, 5.41) is 2.70. The molecule has 0 aliphatic carbocycles. The monoisotopic (exact) mass is 367 g/mol. The molecule has 1 fully saturated rings. The van der Waals surface area contributed by atoms with Crippen molar-refractivity contribution in [2.45, 2.75) is 27.2 Å². The number of hydrogen-bond donors (Lipinski definition) is 2. The van der Waals surface area contributed by atoms with E-state index in [2.05, 4.69) is 10.0 Å². The van der Waals surface area contributed by atoms with E-state index in [1.807, 2.05) is 32.0 Å². The van der Waals surface area contributed by atoms with Crippen LogP contribution in [0.15, 0.2) is 18.2 Å². The molecule has 2 N–H and O–H groups in total. The van der Waals surface area contributed by atoms with Crippen molar-refractivity contribution in [1.82, 2.24) is 10.0 Å². The van der Waals surface area contributed by atoms with Crippen molar-refractivity contribution in [3.63, 3.8) is 0 Å². The van der Waals surface area contributed by atoms with E-state index in [4.69, 9.17) is 0 Å². The third kappa shape index (κ3) is 4.79. The van der Waals surface area contributed by atoms with Crippen molar-refractivity contribution in [1.29, 1.82) is 0 Å². The number of anilines is 1. The van der Waals surface area contributed by atoms with Crippen LogP contribution in [-0.4, -0.2) is 45.6 Å². The number of carbonyl (C=O) groups excluding carboxylic acids is 2. The smallest absolute Gasteiger partial charge is 0.227 e. The molecule has 138 valence electrons. The number of nitrogens with zero attached hydrogens (tertiary/aromatic N) is 1. The molecule has 1 aliphatic rings. The van der Waals surface area contributed by atoms with Gasteiger partial charge in [0.05, 0.1) is 11.7 Å². The highest BCUT2D eigenvalue weighted by Crippen LogP contribution is 2.29. The highest BCUT2D eigenvalue weighted by atomic mass is 32.2. The van der Waals surface area contributed by atoms with Crippen molar-refractivity contribution in [3.8, 4) is 0 Å². The Morgan fingerprint density at radius 2 is 2.00 bits per heavy atom. The summed E-state index contributed by atoms with van der Waals surface area (Å²) in [6, 6.07) is 5.78. The van der Waals surface area contributed by atoms with Crippen LogP contribution in [0.5, 0.6) is 0 Å². The second kappa shape index (κ2) is 7.97. The molecular formula is C17H25N3O4S. The Kier molecular flexibility index (Phi) is 6.18. The molecule has 0 radical (unpaired) electrons. The lowest BCUT2D eigenvalue weighted by Crippen LogP contribution is -2.38. The quantitative estimate of drug-likeness (QED) is 0.694. The molecule has 0 saturated carbocycles. The van der Waals surface area contributed by atoms with E-state index in [0.29, 0.717) is 6.54 Å². The summed E-state index contributed by atoms with van der Waals surface area (Å²) < 4.78 is 25.0. The number of sulfonamides is 1. The van der Waals surface area contributed by atoms with E-state index in [1.165, 1.54) is 0 Å². The molecule has 1 aromatic carbocycles. The highest BCUT2D eigenvalue weighted by Gasteiger charge is 2.35. The topological polar surface area (TPSA) is 95.6 Å². The molecule has 25 heavy (non-hydrogen) atoms. The summed E-state index contributed by atoms with van der Waals surface area (Å²) in [7, 11) is -3.26. The van der Waals surface area contributed by atoms with Crippen LogP contribution in [0.4, 0.5) is 5.69 Å². The second-order valence-electron chi connectivity index (χ2n) is 6.21. The maximum Gasteiger partial charge on any atom is 0.227 e. The van der Waals surface area contributed by atoms with Crippen molar-refractivity contribution in [2.24, 2.45) is 5.92 Å². The first kappa shape index (κ1) is 19.4. The van der Waals surface area contributed by atoms with Crippen LogP contribution in [0.25, 0.3) is 0 Å². The number of nitrogens with one attached hydrogen (secondary N) is 2. The average molecular weight is 367 g/mol. The van der Waals surface area contributed by atoms with Gasteiger partial charge < -0.3 is 10.2 Å². The van der Waals surface area contributed by atoms with Crippen molar-refractivity contribution >= 4 is 27.5 Å². The van der Waals surface area contributed by atoms with E-state index < -0.39 is 15.9 Å². The van der Waals surface area contributed by atoms with Gasteiger partial charge in [0.1, 0.15) is 0 Å². The van der Waals surface area contributed by atoms with E-state index in [9.17, 15) is 18.0 Å². The Labute approximate surface area is 148 Å². The molecule has 2 amide bonds. The summed E-state index contributed by atoms with van der Waals surface area (Å²) >= 11 is 0. The number of amides is 2. The maximum atomic E-state index is 12.3. The van der Waals surface area contributed by atoms with Gasteiger partial charge in [0.25, 0.3) is 0 Å². The lowest BCUT2D eigenvalue weighted by Gasteiger charge is -2.20. The molecule has 1 heterocycles. The number of rotatable bonds is 7. The Bertz CT molecular complexity index is 761. The summed E-state index contributed by atoms with van der Waals surface area (Å²) in [4.78, 5) is 26.2. The van der Waals surface area contributed by atoms with Gasteiger partial charge in [0.2, 0.25) is 21.8 Å². The van der Waals surface area contributed by atoms with Crippen LogP contribution in [0.3, 0.4) is 0 Å². The highest BCUT2D eigenvalue weighted by molar-refractivity contribution is 7.89. The molecule has 0 spiro atoms. The van der Waals surface area contributed by atoms with Crippen LogP contribution in [-0.2, 0) is 19.6 Å². The van der Waals surface area contributed by atoms with Gasteiger partial charge in [0, 0.05) is 31.7 Å². The molecular weight excluding hydrogens is 342 g/mol. The Morgan fingerprint density at radius 1 is 1.28 bits per heavy atom. The van der Waals surface area contributed by atoms with Crippen LogP contribution in [0.2, 0.25) is 0 Å². The molecule has 0 unspecified atom stereocenters. The zero-order valence-electron chi connectivity index (χ0n) is 14.8. The predicted molar refractivity (Wildman–Crippen MR) is 96.8 cm³/mol. The van der Waals surface area contributed by atoms with E-state index in [1.54, 1.807) is 11.8 Å². The van der Waals surface area contributed by atoms with Crippen molar-refractivity contribution in [2.75, 3.05) is 30.3 Å². The van der Waals surface area contributed by atoms with Crippen LogP contribution in [0, 0.1) is 19.8 Å². The normalized spacial score (nSPS) is 17.8. The summed E-state index contributed by atoms with van der Waals surface area (Å²) in [6.45, 7) is 6.18. The average Bonchev–Trinajstić information content (AvgIpc) is 2.96. The van der Waals surface area contributed by atoms with Gasteiger partial charge in [-0.25, -0.2) is 13.1 Å². The van der Waals surface area contributed by atoms with Crippen LogP contribution in [0.1, 0.15) is 24.5 Å².